The molecule has 0 spiro atoms. The molecule has 0 aliphatic rings. The van der Waals surface area contributed by atoms with Crippen LogP contribution >= 0.6 is 11.6 Å². The van der Waals surface area contributed by atoms with E-state index >= 15 is 0 Å². The molecule has 0 aliphatic carbocycles. The zero-order chi connectivity index (χ0) is 12.5. The molecule has 0 fully saturated rings. The average molecular weight is 255 g/mol. The number of halogens is 1. The maximum Gasteiger partial charge on any atom is 0.339 e. The Labute approximate surface area is 108 Å². The Hall–Kier alpha value is -1.02. The van der Waals surface area contributed by atoms with Gasteiger partial charge in [0.25, 0.3) is 0 Å². The van der Waals surface area contributed by atoms with Gasteiger partial charge in [-0.05, 0) is 18.6 Å². The summed E-state index contributed by atoms with van der Waals surface area (Å²) in [7, 11) is 0. The van der Waals surface area contributed by atoms with Crippen molar-refractivity contribution in [2.24, 2.45) is 0 Å². The minimum absolute atomic E-state index is 0.328. The maximum atomic E-state index is 11.6. The second-order valence-corrected chi connectivity index (χ2v) is 4.44. The summed E-state index contributed by atoms with van der Waals surface area (Å²) in [5.74, 6) is -0.328. The van der Waals surface area contributed by atoms with E-state index in [1.54, 1.807) is 24.3 Å². The van der Waals surface area contributed by atoms with Gasteiger partial charge in [-0.25, -0.2) is 4.79 Å². The number of rotatable bonds is 7. The van der Waals surface area contributed by atoms with E-state index in [1.165, 1.54) is 19.3 Å². The molecule has 0 bridgehead atoms. The third kappa shape index (κ3) is 5.22. The summed E-state index contributed by atoms with van der Waals surface area (Å²) >= 11 is 5.90. The standard InChI is InChI=1S/C14H19ClO2/c1-2-3-4-5-8-11-17-14(16)12-9-6-7-10-13(12)15/h6-7,9-10H,2-5,8,11H2,1H3. The number of unbranched alkanes of at least 4 members (excludes halogenated alkanes) is 4. The third-order valence-electron chi connectivity index (χ3n) is 2.57. The summed E-state index contributed by atoms with van der Waals surface area (Å²) < 4.78 is 5.17. The van der Waals surface area contributed by atoms with Crippen molar-refractivity contribution in [3.63, 3.8) is 0 Å². The van der Waals surface area contributed by atoms with E-state index in [4.69, 9.17) is 16.3 Å². The molecule has 3 heteroatoms. The van der Waals surface area contributed by atoms with E-state index in [-0.39, 0.29) is 5.97 Å². The Morgan fingerprint density at radius 2 is 1.88 bits per heavy atom. The Morgan fingerprint density at radius 1 is 1.18 bits per heavy atom. The van der Waals surface area contributed by atoms with Crippen LogP contribution in [0.5, 0.6) is 0 Å². The smallest absolute Gasteiger partial charge is 0.339 e. The van der Waals surface area contributed by atoms with Gasteiger partial charge in [0.05, 0.1) is 17.2 Å². The van der Waals surface area contributed by atoms with E-state index in [0.717, 1.165) is 12.8 Å². The molecule has 2 nitrogen and oxygen atoms in total. The molecular weight excluding hydrogens is 236 g/mol. The predicted molar refractivity (Wildman–Crippen MR) is 70.5 cm³/mol. The first kappa shape index (κ1) is 14.0. The van der Waals surface area contributed by atoms with Crippen LogP contribution in [0.4, 0.5) is 0 Å². The summed E-state index contributed by atoms with van der Waals surface area (Å²) in [6.07, 6.45) is 5.72. The summed E-state index contributed by atoms with van der Waals surface area (Å²) in [6.45, 7) is 2.66. The van der Waals surface area contributed by atoms with Crippen LogP contribution in [0.1, 0.15) is 49.4 Å². The molecule has 0 aromatic heterocycles. The highest BCUT2D eigenvalue weighted by atomic mass is 35.5. The van der Waals surface area contributed by atoms with Crippen molar-refractivity contribution in [1.82, 2.24) is 0 Å². The molecule has 0 unspecified atom stereocenters. The highest BCUT2D eigenvalue weighted by Gasteiger charge is 2.10. The largest absolute Gasteiger partial charge is 0.462 e. The second kappa shape index (κ2) is 8.13. The fourth-order valence-electron chi connectivity index (χ4n) is 1.57. The number of esters is 1. The van der Waals surface area contributed by atoms with Crippen molar-refractivity contribution in [3.05, 3.63) is 34.9 Å². The molecular formula is C14H19ClO2. The lowest BCUT2D eigenvalue weighted by molar-refractivity contribution is 0.0498. The van der Waals surface area contributed by atoms with Gasteiger partial charge in [0, 0.05) is 0 Å². The lowest BCUT2D eigenvalue weighted by Gasteiger charge is -2.05. The van der Waals surface area contributed by atoms with E-state index in [1.807, 2.05) is 0 Å². The van der Waals surface area contributed by atoms with E-state index in [2.05, 4.69) is 6.92 Å². The molecule has 17 heavy (non-hydrogen) atoms. The monoisotopic (exact) mass is 254 g/mol. The molecule has 1 rings (SSSR count). The van der Waals surface area contributed by atoms with Gasteiger partial charge < -0.3 is 4.74 Å². The predicted octanol–water partition coefficient (Wildman–Crippen LogP) is 4.47. The molecule has 94 valence electrons. The van der Waals surface area contributed by atoms with Crippen molar-refractivity contribution >= 4 is 17.6 Å². The molecule has 1 aromatic rings. The molecule has 1 aromatic carbocycles. The number of carbonyl (C=O) groups is 1. The second-order valence-electron chi connectivity index (χ2n) is 4.03. The van der Waals surface area contributed by atoms with Crippen molar-refractivity contribution < 1.29 is 9.53 Å². The third-order valence-corrected chi connectivity index (χ3v) is 2.90. The van der Waals surface area contributed by atoms with Crippen LogP contribution in [-0.2, 0) is 4.74 Å². The zero-order valence-electron chi connectivity index (χ0n) is 10.2. The van der Waals surface area contributed by atoms with E-state index in [0.29, 0.717) is 17.2 Å². The van der Waals surface area contributed by atoms with Crippen LogP contribution in [0.3, 0.4) is 0 Å². The number of carbonyl (C=O) groups excluding carboxylic acids is 1. The number of benzene rings is 1. The van der Waals surface area contributed by atoms with Crippen LogP contribution in [0.2, 0.25) is 5.02 Å². The molecule has 0 heterocycles. The normalized spacial score (nSPS) is 10.2. The molecule has 0 atom stereocenters. The number of ether oxygens (including phenoxy) is 1. The summed E-state index contributed by atoms with van der Waals surface area (Å²) in [5.41, 5.74) is 0.447. The van der Waals surface area contributed by atoms with Gasteiger partial charge in [-0.1, -0.05) is 56.3 Å². The van der Waals surface area contributed by atoms with Crippen LogP contribution in [0, 0.1) is 0 Å². The van der Waals surface area contributed by atoms with Crippen molar-refractivity contribution in [2.75, 3.05) is 6.61 Å². The van der Waals surface area contributed by atoms with Crippen LogP contribution in [0.25, 0.3) is 0 Å². The molecule has 0 radical (unpaired) electrons. The van der Waals surface area contributed by atoms with E-state index in [9.17, 15) is 4.79 Å². The van der Waals surface area contributed by atoms with Crippen LogP contribution in [-0.4, -0.2) is 12.6 Å². The number of hydrogen-bond acceptors (Lipinski definition) is 2. The summed E-state index contributed by atoms with van der Waals surface area (Å²) in [4.78, 5) is 11.6. The fourth-order valence-corrected chi connectivity index (χ4v) is 1.79. The Bertz CT molecular complexity index is 350. The highest BCUT2D eigenvalue weighted by Crippen LogP contribution is 2.16. The molecule has 0 aliphatic heterocycles. The zero-order valence-corrected chi connectivity index (χ0v) is 11.0. The minimum Gasteiger partial charge on any atom is -0.462 e. The number of hydrogen-bond donors (Lipinski definition) is 0. The maximum absolute atomic E-state index is 11.6. The summed E-state index contributed by atoms with van der Waals surface area (Å²) in [5, 5.41) is 0.448. The first-order chi connectivity index (χ1) is 8.25. The first-order valence-corrected chi connectivity index (χ1v) is 6.55. The van der Waals surface area contributed by atoms with Gasteiger partial charge in [0.1, 0.15) is 0 Å². The van der Waals surface area contributed by atoms with Gasteiger partial charge in [0.15, 0.2) is 0 Å². The lowest BCUT2D eigenvalue weighted by Crippen LogP contribution is -2.06. The van der Waals surface area contributed by atoms with Gasteiger partial charge >= 0.3 is 5.97 Å². The van der Waals surface area contributed by atoms with Crippen LogP contribution < -0.4 is 0 Å². The minimum atomic E-state index is -0.328. The first-order valence-electron chi connectivity index (χ1n) is 6.17. The topological polar surface area (TPSA) is 26.3 Å². The van der Waals surface area contributed by atoms with Crippen molar-refractivity contribution in [3.8, 4) is 0 Å². The lowest BCUT2D eigenvalue weighted by atomic mass is 10.2. The highest BCUT2D eigenvalue weighted by molar-refractivity contribution is 6.33. The Balaban J connectivity index is 2.24. The van der Waals surface area contributed by atoms with Gasteiger partial charge in [-0.2, -0.15) is 0 Å². The van der Waals surface area contributed by atoms with Crippen molar-refractivity contribution in [1.29, 1.82) is 0 Å². The van der Waals surface area contributed by atoms with Crippen LogP contribution in [0.15, 0.2) is 24.3 Å². The van der Waals surface area contributed by atoms with Crippen molar-refractivity contribution in [2.45, 2.75) is 39.0 Å². The Kier molecular flexibility index (Phi) is 6.71. The van der Waals surface area contributed by atoms with Gasteiger partial charge in [-0.3, -0.25) is 0 Å². The quantitative estimate of drug-likeness (QED) is 0.530. The SMILES string of the molecule is CCCCCCCOC(=O)c1ccccc1Cl. The summed E-state index contributed by atoms with van der Waals surface area (Å²) in [6, 6.07) is 6.95. The molecule has 0 saturated carbocycles. The van der Waals surface area contributed by atoms with Gasteiger partial charge in [0.2, 0.25) is 0 Å². The van der Waals surface area contributed by atoms with Gasteiger partial charge in [-0.15, -0.1) is 0 Å². The fraction of sp³-hybridized carbons (Fsp3) is 0.500. The molecule has 0 saturated heterocycles. The Morgan fingerprint density at radius 3 is 2.59 bits per heavy atom. The molecule has 0 amide bonds. The van der Waals surface area contributed by atoms with E-state index < -0.39 is 0 Å². The average Bonchev–Trinajstić information content (AvgIpc) is 2.34. The molecule has 0 N–H and O–H groups in total.